The molecule has 0 spiro atoms. The lowest BCUT2D eigenvalue weighted by Gasteiger charge is -2.33. The molecule has 2 saturated heterocycles. The van der Waals surface area contributed by atoms with E-state index in [2.05, 4.69) is 43.1 Å². The van der Waals surface area contributed by atoms with Crippen molar-refractivity contribution in [1.29, 1.82) is 0 Å². The molecule has 2 fully saturated rings. The average Bonchev–Trinajstić information content (AvgIpc) is 2.87. The molecule has 0 radical (unpaired) electrons. The largest absolute Gasteiger partial charge is 0.316 e. The minimum atomic E-state index is 0.565. The third kappa shape index (κ3) is 3.06. The summed E-state index contributed by atoms with van der Waals surface area (Å²) in [6, 6.07) is 0.748. The number of hydrogen-bond acceptors (Lipinski definition) is 3. The summed E-state index contributed by atoms with van der Waals surface area (Å²) in [6.45, 7) is 11.1. The highest BCUT2D eigenvalue weighted by Crippen LogP contribution is 2.34. The van der Waals surface area contributed by atoms with E-state index in [1.807, 2.05) is 0 Å². The molecule has 0 bridgehead atoms. The summed E-state index contributed by atoms with van der Waals surface area (Å²) in [5.74, 6) is 0.813. The Morgan fingerprint density at radius 1 is 1.33 bits per heavy atom. The predicted molar refractivity (Wildman–Crippen MR) is 77.9 cm³/mol. The van der Waals surface area contributed by atoms with Crippen molar-refractivity contribution in [2.24, 2.45) is 11.3 Å². The van der Waals surface area contributed by atoms with Crippen LogP contribution in [0.4, 0.5) is 0 Å². The van der Waals surface area contributed by atoms with E-state index >= 15 is 0 Å². The first-order chi connectivity index (χ1) is 8.56. The summed E-state index contributed by atoms with van der Waals surface area (Å²) in [7, 11) is 4.45. The standard InChI is InChI=1S/C15H31N3/c1-5-6-15(7-8-16-11-15)12-18-9-13(2)14(10-18)17(3)4/h13-14,16H,5-12H2,1-4H3. The number of nitrogens with one attached hydrogen (secondary N) is 1. The Balaban J connectivity index is 1.93. The van der Waals surface area contributed by atoms with Gasteiger partial charge in [-0.3, -0.25) is 0 Å². The van der Waals surface area contributed by atoms with Gasteiger partial charge in [0.15, 0.2) is 0 Å². The Labute approximate surface area is 113 Å². The average molecular weight is 253 g/mol. The van der Waals surface area contributed by atoms with Gasteiger partial charge in [-0.25, -0.2) is 0 Å². The van der Waals surface area contributed by atoms with Crippen molar-refractivity contribution in [3.63, 3.8) is 0 Å². The molecule has 2 aliphatic heterocycles. The van der Waals surface area contributed by atoms with Crippen LogP contribution in [0.25, 0.3) is 0 Å². The lowest BCUT2D eigenvalue weighted by atomic mass is 9.82. The van der Waals surface area contributed by atoms with E-state index in [9.17, 15) is 0 Å². The van der Waals surface area contributed by atoms with E-state index in [4.69, 9.17) is 0 Å². The summed E-state index contributed by atoms with van der Waals surface area (Å²) >= 11 is 0. The molecule has 3 atom stereocenters. The zero-order valence-corrected chi connectivity index (χ0v) is 12.7. The highest BCUT2D eigenvalue weighted by Gasteiger charge is 2.38. The summed E-state index contributed by atoms with van der Waals surface area (Å²) in [4.78, 5) is 5.13. The van der Waals surface area contributed by atoms with Gasteiger partial charge in [0.2, 0.25) is 0 Å². The van der Waals surface area contributed by atoms with Crippen molar-refractivity contribution in [2.75, 3.05) is 46.8 Å². The Morgan fingerprint density at radius 2 is 2.11 bits per heavy atom. The van der Waals surface area contributed by atoms with E-state index in [-0.39, 0.29) is 0 Å². The van der Waals surface area contributed by atoms with Gasteiger partial charge in [0, 0.05) is 32.2 Å². The first-order valence-electron chi connectivity index (χ1n) is 7.66. The van der Waals surface area contributed by atoms with Crippen LogP contribution in [0.2, 0.25) is 0 Å². The SMILES string of the molecule is CCCC1(CN2CC(C)C(N(C)C)C2)CCNC1. The highest BCUT2D eigenvalue weighted by molar-refractivity contribution is 4.94. The lowest BCUT2D eigenvalue weighted by Crippen LogP contribution is -2.40. The smallest absolute Gasteiger partial charge is 0.0254 e. The van der Waals surface area contributed by atoms with Crippen molar-refractivity contribution < 1.29 is 0 Å². The molecule has 2 rings (SSSR count). The first-order valence-corrected chi connectivity index (χ1v) is 7.66. The van der Waals surface area contributed by atoms with Crippen LogP contribution in [0.1, 0.15) is 33.1 Å². The highest BCUT2D eigenvalue weighted by atomic mass is 15.2. The maximum Gasteiger partial charge on any atom is 0.0254 e. The van der Waals surface area contributed by atoms with Crippen molar-refractivity contribution in [3.05, 3.63) is 0 Å². The topological polar surface area (TPSA) is 18.5 Å². The molecule has 2 heterocycles. The number of likely N-dealkylation sites (tertiary alicyclic amines) is 1. The van der Waals surface area contributed by atoms with Crippen LogP contribution in [0, 0.1) is 11.3 Å². The molecule has 0 aromatic rings. The second-order valence-corrected chi connectivity index (χ2v) is 6.88. The number of rotatable bonds is 5. The third-order valence-corrected chi connectivity index (χ3v) is 4.98. The van der Waals surface area contributed by atoms with Crippen molar-refractivity contribution >= 4 is 0 Å². The Morgan fingerprint density at radius 3 is 2.61 bits per heavy atom. The maximum absolute atomic E-state index is 3.58. The van der Waals surface area contributed by atoms with Crippen LogP contribution in [0.3, 0.4) is 0 Å². The summed E-state index contributed by atoms with van der Waals surface area (Å²) in [6.07, 6.45) is 4.08. The fraction of sp³-hybridized carbons (Fsp3) is 1.00. The van der Waals surface area contributed by atoms with Crippen LogP contribution in [0.15, 0.2) is 0 Å². The zero-order chi connectivity index (χ0) is 13.2. The molecular weight excluding hydrogens is 222 g/mol. The van der Waals surface area contributed by atoms with Gasteiger partial charge in [-0.1, -0.05) is 20.3 Å². The molecule has 1 N–H and O–H groups in total. The molecule has 106 valence electrons. The fourth-order valence-corrected chi connectivity index (χ4v) is 4.08. The van der Waals surface area contributed by atoms with E-state index in [0.29, 0.717) is 5.41 Å². The molecule has 0 aliphatic carbocycles. The van der Waals surface area contributed by atoms with Crippen LogP contribution >= 0.6 is 0 Å². The lowest BCUT2D eigenvalue weighted by molar-refractivity contribution is 0.167. The molecule has 2 aliphatic rings. The third-order valence-electron chi connectivity index (χ3n) is 4.98. The monoisotopic (exact) mass is 253 g/mol. The zero-order valence-electron chi connectivity index (χ0n) is 12.7. The van der Waals surface area contributed by atoms with Gasteiger partial charge in [-0.2, -0.15) is 0 Å². The maximum atomic E-state index is 3.58. The molecular formula is C15H31N3. The quantitative estimate of drug-likeness (QED) is 0.804. The molecule has 3 nitrogen and oxygen atoms in total. The fourth-order valence-electron chi connectivity index (χ4n) is 4.08. The second-order valence-electron chi connectivity index (χ2n) is 6.88. The molecule has 18 heavy (non-hydrogen) atoms. The van der Waals surface area contributed by atoms with Crippen LogP contribution in [-0.2, 0) is 0 Å². The number of nitrogens with zero attached hydrogens (tertiary/aromatic N) is 2. The van der Waals surface area contributed by atoms with Crippen molar-refractivity contribution in [1.82, 2.24) is 15.1 Å². The van der Waals surface area contributed by atoms with Gasteiger partial charge in [0.05, 0.1) is 0 Å². The Bertz CT molecular complexity index is 258. The first kappa shape index (κ1) is 14.3. The van der Waals surface area contributed by atoms with E-state index in [0.717, 1.165) is 12.0 Å². The summed E-state index contributed by atoms with van der Waals surface area (Å²) in [5.41, 5.74) is 0.565. The van der Waals surface area contributed by atoms with Gasteiger partial charge in [0.1, 0.15) is 0 Å². The summed E-state index contributed by atoms with van der Waals surface area (Å²) in [5, 5.41) is 3.58. The van der Waals surface area contributed by atoms with E-state index in [1.165, 1.54) is 52.0 Å². The van der Waals surface area contributed by atoms with E-state index in [1.54, 1.807) is 0 Å². The molecule has 0 amide bonds. The van der Waals surface area contributed by atoms with Gasteiger partial charge in [-0.15, -0.1) is 0 Å². The van der Waals surface area contributed by atoms with Crippen molar-refractivity contribution in [3.8, 4) is 0 Å². The Kier molecular flexibility index (Phi) is 4.68. The minimum Gasteiger partial charge on any atom is -0.316 e. The van der Waals surface area contributed by atoms with Gasteiger partial charge >= 0.3 is 0 Å². The molecule has 3 heteroatoms. The normalized spacial score (nSPS) is 37.8. The van der Waals surface area contributed by atoms with Crippen LogP contribution < -0.4 is 5.32 Å². The van der Waals surface area contributed by atoms with Crippen LogP contribution in [0.5, 0.6) is 0 Å². The minimum absolute atomic E-state index is 0.565. The summed E-state index contributed by atoms with van der Waals surface area (Å²) < 4.78 is 0. The molecule has 3 unspecified atom stereocenters. The Hall–Kier alpha value is -0.120. The van der Waals surface area contributed by atoms with Gasteiger partial charge in [0.25, 0.3) is 0 Å². The van der Waals surface area contributed by atoms with Gasteiger partial charge < -0.3 is 15.1 Å². The number of likely N-dealkylation sites (N-methyl/N-ethyl adjacent to an activating group) is 1. The molecule has 0 aromatic heterocycles. The predicted octanol–water partition coefficient (Wildman–Crippen LogP) is 1.65. The number of hydrogen-bond donors (Lipinski definition) is 1. The van der Waals surface area contributed by atoms with Crippen LogP contribution in [-0.4, -0.2) is 62.7 Å². The second kappa shape index (κ2) is 5.89. The van der Waals surface area contributed by atoms with Gasteiger partial charge in [-0.05, 0) is 44.8 Å². The molecule has 0 saturated carbocycles. The van der Waals surface area contributed by atoms with Crippen molar-refractivity contribution in [2.45, 2.75) is 39.2 Å². The van der Waals surface area contributed by atoms with E-state index < -0.39 is 0 Å². The molecule has 0 aromatic carbocycles.